The lowest BCUT2D eigenvalue weighted by atomic mass is 10.2. The molecular formula is C11H17N2O5S+. The van der Waals surface area contributed by atoms with Crippen LogP contribution in [0.15, 0.2) is 24.3 Å². The van der Waals surface area contributed by atoms with E-state index in [2.05, 4.69) is 4.72 Å². The molecule has 0 radical (unpaired) electrons. The van der Waals surface area contributed by atoms with Crippen molar-refractivity contribution in [1.82, 2.24) is 4.72 Å². The predicted octanol–water partition coefficient (Wildman–Crippen LogP) is 0.942. The summed E-state index contributed by atoms with van der Waals surface area (Å²) in [4.78, 5) is 10.4. The normalized spacial score (nSPS) is 11.4. The largest absolute Gasteiger partial charge is 0.385 e. The highest BCUT2D eigenvalue weighted by molar-refractivity contribution is 7.88. The molecule has 1 rings (SSSR count). The molecule has 0 heterocycles. The number of sulfonamides is 1. The van der Waals surface area contributed by atoms with Crippen molar-refractivity contribution in [3.63, 3.8) is 0 Å². The number of rotatable bonds is 8. The first kappa shape index (κ1) is 15.5. The highest BCUT2D eigenvalue weighted by atomic mass is 32.2. The first-order valence-corrected chi connectivity index (χ1v) is 7.31. The molecule has 2 N–H and O–H groups in total. The number of hydrogen-bond acceptors (Lipinski definition) is 4. The zero-order valence-electron chi connectivity index (χ0n) is 10.6. The molecule has 0 unspecified atom stereocenters. The van der Waals surface area contributed by atoms with Gasteiger partial charge in [0.1, 0.15) is 0 Å². The lowest BCUT2D eigenvalue weighted by molar-refractivity contribution is -0.729. The van der Waals surface area contributed by atoms with Gasteiger partial charge in [0, 0.05) is 32.4 Å². The van der Waals surface area contributed by atoms with E-state index in [1.165, 1.54) is 18.2 Å². The molecule has 106 valence electrons. The molecule has 0 amide bonds. The maximum absolute atomic E-state index is 11.7. The first-order valence-electron chi connectivity index (χ1n) is 5.66. The summed E-state index contributed by atoms with van der Waals surface area (Å²) in [5, 5.41) is 8.75. The fourth-order valence-corrected chi connectivity index (χ4v) is 2.66. The molecule has 0 saturated carbocycles. The van der Waals surface area contributed by atoms with Gasteiger partial charge in [-0.1, -0.05) is 12.1 Å². The molecule has 7 nitrogen and oxygen atoms in total. The molecule has 0 fully saturated rings. The van der Waals surface area contributed by atoms with Gasteiger partial charge in [-0.05, 0) is 12.0 Å². The Labute approximate surface area is 111 Å². The maximum Gasteiger partial charge on any atom is 0.316 e. The van der Waals surface area contributed by atoms with Crippen LogP contribution in [-0.2, 0) is 20.5 Å². The van der Waals surface area contributed by atoms with E-state index in [0.29, 0.717) is 25.1 Å². The molecule has 0 saturated heterocycles. The van der Waals surface area contributed by atoms with Gasteiger partial charge >= 0.3 is 5.69 Å². The second kappa shape index (κ2) is 7.17. The van der Waals surface area contributed by atoms with Crippen LogP contribution in [0.3, 0.4) is 0 Å². The maximum atomic E-state index is 11.7. The predicted molar refractivity (Wildman–Crippen MR) is 68.6 cm³/mol. The van der Waals surface area contributed by atoms with Crippen LogP contribution in [-0.4, -0.2) is 38.8 Å². The Bertz CT molecular complexity index is 530. The fourth-order valence-electron chi connectivity index (χ4n) is 1.48. The van der Waals surface area contributed by atoms with Crippen molar-refractivity contribution in [2.24, 2.45) is 0 Å². The van der Waals surface area contributed by atoms with Gasteiger partial charge in [-0.3, -0.25) is 0 Å². The Morgan fingerprint density at radius 2 is 2.16 bits per heavy atom. The van der Waals surface area contributed by atoms with Gasteiger partial charge in [-0.15, -0.1) is 0 Å². The molecule has 0 bridgehead atoms. The van der Waals surface area contributed by atoms with Gasteiger partial charge < -0.3 is 4.74 Å². The van der Waals surface area contributed by atoms with Crippen molar-refractivity contribution in [2.45, 2.75) is 12.2 Å². The van der Waals surface area contributed by atoms with E-state index in [4.69, 9.17) is 9.94 Å². The first-order chi connectivity index (χ1) is 8.94. The highest BCUT2D eigenvalue weighted by Crippen LogP contribution is 2.14. The zero-order valence-corrected chi connectivity index (χ0v) is 11.4. The Hall–Kier alpha value is -1.51. The smallest absolute Gasteiger partial charge is 0.316 e. The minimum absolute atomic E-state index is 0.00733. The van der Waals surface area contributed by atoms with Gasteiger partial charge in [-0.2, -0.15) is 0 Å². The quantitative estimate of drug-likeness (QED) is 0.548. The summed E-state index contributed by atoms with van der Waals surface area (Å²) in [6, 6.07) is 5.78. The van der Waals surface area contributed by atoms with E-state index in [1.54, 1.807) is 13.2 Å². The summed E-state index contributed by atoms with van der Waals surface area (Å²) < 4.78 is 30.7. The van der Waals surface area contributed by atoms with E-state index in [-0.39, 0.29) is 16.4 Å². The molecule has 8 heteroatoms. The summed E-state index contributed by atoms with van der Waals surface area (Å²) in [5.74, 6) is -0.248. The van der Waals surface area contributed by atoms with Crippen LogP contribution >= 0.6 is 0 Å². The Morgan fingerprint density at radius 1 is 1.42 bits per heavy atom. The van der Waals surface area contributed by atoms with Crippen molar-refractivity contribution in [3.05, 3.63) is 34.7 Å². The van der Waals surface area contributed by atoms with Gasteiger partial charge in [-0.25, -0.2) is 18.3 Å². The van der Waals surface area contributed by atoms with E-state index < -0.39 is 10.0 Å². The third-order valence-corrected chi connectivity index (χ3v) is 3.69. The molecule has 0 spiro atoms. The molecule has 1 aromatic rings. The highest BCUT2D eigenvalue weighted by Gasteiger charge is 2.15. The topological polar surface area (TPSA) is 95.7 Å². The van der Waals surface area contributed by atoms with Crippen LogP contribution < -0.4 is 4.72 Å². The van der Waals surface area contributed by atoms with Gasteiger partial charge in [0.15, 0.2) is 0 Å². The summed E-state index contributed by atoms with van der Waals surface area (Å²) >= 11 is 0. The SMILES string of the molecule is COCCCNS(=O)(=O)Cc1cccc([N+](=O)O)c1. The van der Waals surface area contributed by atoms with Gasteiger partial charge in [0.25, 0.3) is 4.92 Å². The fraction of sp³-hybridized carbons (Fsp3) is 0.455. The average molecular weight is 289 g/mol. The molecule has 0 aliphatic heterocycles. The van der Waals surface area contributed by atoms with Crippen molar-refractivity contribution < 1.29 is 23.3 Å². The number of ether oxygens (including phenoxy) is 1. The molecule has 0 aromatic heterocycles. The monoisotopic (exact) mass is 289 g/mol. The summed E-state index contributed by atoms with van der Waals surface area (Å²) in [6.45, 7) is 0.775. The van der Waals surface area contributed by atoms with Crippen LogP contribution in [0.25, 0.3) is 0 Å². The van der Waals surface area contributed by atoms with E-state index in [1.807, 2.05) is 0 Å². The number of nitrogens with zero attached hydrogens (tertiary/aromatic N) is 1. The van der Waals surface area contributed by atoms with Crippen LogP contribution in [0.5, 0.6) is 0 Å². The van der Waals surface area contributed by atoms with Crippen LogP contribution in [0.1, 0.15) is 12.0 Å². The van der Waals surface area contributed by atoms with Crippen LogP contribution in [0.4, 0.5) is 5.69 Å². The Kier molecular flexibility index (Phi) is 5.87. The number of nitrogens with one attached hydrogen (secondary N) is 1. The number of benzene rings is 1. The number of methoxy groups -OCH3 is 1. The van der Waals surface area contributed by atoms with E-state index in [9.17, 15) is 13.3 Å². The van der Waals surface area contributed by atoms with Crippen molar-refractivity contribution in [1.29, 1.82) is 0 Å². The minimum atomic E-state index is -3.47. The van der Waals surface area contributed by atoms with Crippen molar-refractivity contribution >= 4 is 15.7 Å². The zero-order chi connectivity index (χ0) is 14.3. The second-order valence-corrected chi connectivity index (χ2v) is 5.75. The molecule has 1 aromatic carbocycles. The van der Waals surface area contributed by atoms with Gasteiger partial charge in [0.05, 0.1) is 10.7 Å². The van der Waals surface area contributed by atoms with E-state index in [0.717, 1.165) is 0 Å². The molecule has 0 aliphatic rings. The second-order valence-electron chi connectivity index (χ2n) is 3.94. The summed E-state index contributed by atoms with van der Waals surface area (Å²) in [6.07, 6.45) is 0.584. The van der Waals surface area contributed by atoms with Crippen LogP contribution in [0, 0.1) is 4.91 Å². The lowest BCUT2D eigenvalue weighted by Gasteiger charge is -2.06. The van der Waals surface area contributed by atoms with Crippen LogP contribution in [0.2, 0.25) is 0 Å². The lowest BCUT2D eigenvalue weighted by Crippen LogP contribution is -2.26. The molecular weight excluding hydrogens is 272 g/mol. The summed E-state index contributed by atoms with van der Waals surface area (Å²) in [5.41, 5.74) is 0.415. The van der Waals surface area contributed by atoms with Gasteiger partial charge in [0.2, 0.25) is 10.0 Å². The van der Waals surface area contributed by atoms with Crippen molar-refractivity contribution in [2.75, 3.05) is 20.3 Å². The van der Waals surface area contributed by atoms with Crippen molar-refractivity contribution in [3.8, 4) is 0 Å². The molecule has 19 heavy (non-hydrogen) atoms. The average Bonchev–Trinajstić information content (AvgIpc) is 2.34. The Morgan fingerprint density at radius 3 is 2.79 bits per heavy atom. The number of hydrogen-bond donors (Lipinski definition) is 2. The third kappa shape index (κ3) is 5.77. The standard InChI is InChI=1S/C11H17N2O5S/c1-18-7-3-6-12-19(16,17)9-10-4-2-5-11(8-10)13(14)15/h2,4-5,8,12H,3,6-7,9H2,1H3,(H,14,15)/q+1. The Balaban J connectivity index is 2.62. The van der Waals surface area contributed by atoms with E-state index >= 15 is 0 Å². The summed E-state index contributed by atoms with van der Waals surface area (Å²) in [7, 11) is -1.92. The minimum Gasteiger partial charge on any atom is -0.385 e. The molecule has 0 atom stereocenters. The third-order valence-electron chi connectivity index (χ3n) is 2.34. The molecule has 0 aliphatic carbocycles.